The lowest BCUT2D eigenvalue weighted by Crippen LogP contribution is -2.34. The van der Waals surface area contributed by atoms with E-state index in [9.17, 15) is 13.2 Å². The molecule has 1 atom stereocenters. The van der Waals surface area contributed by atoms with Gasteiger partial charge in [-0.1, -0.05) is 11.6 Å². The van der Waals surface area contributed by atoms with Crippen molar-refractivity contribution >= 4 is 33.1 Å². The lowest BCUT2D eigenvalue weighted by Gasteiger charge is -2.24. The molecule has 2 rings (SSSR count). The van der Waals surface area contributed by atoms with Crippen molar-refractivity contribution < 1.29 is 17.9 Å². The summed E-state index contributed by atoms with van der Waals surface area (Å²) >= 11 is 5.93. The second-order valence-electron chi connectivity index (χ2n) is 4.78. The molecule has 0 radical (unpaired) electrons. The van der Waals surface area contributed by atoms with Gasteiger partial charge in [-0.2, -0.15) is 0 Å². The molecule has 0 aromatic heterocycles. The van der Waals surface area contributed by atoms with Crippen LogP contribution in [0.3, 0.4) is 0 Å². The van der Waals surface area contributed by atoms with E-state index in [4.69, 9.17) is 11.6 Å². The second kappa shape index (κ2) is 6.01. The van der Waals surface area contributed by atoms with Crippen molar-refractivity contribution in [3.63, 3.8) is 0 Å². The predicted molar refractivity (Wildman–Crippen MR) is 78.1 cm³/mol. The molecule has 0 aliphatic carbocycles. The van der Waals surface area contributed by atoms with E-state index in [1.54, 1.807) is 18.2 Å². The van der Waals surface area contributed by atoms with Crippen molar-refractivity contribution in [2.75, 3.05) is 23.9 Å². The third-order valence-electron chi connectivity index (χ3n) is 3.21. The smallest absolute Gasteiger partial charge is 0.339 e. The van der Waals surface area contributed by atoms with E-state index in [1.165, 1.54) is 7.11 Å². The van der Waals surface area contributed by atoms with Gasteiger partial charge in [0.05, 0.1) is 29.2 Å². The zero-order chi connectivity index (χ0) is 14.8. The number of ether oxygens (including phenoxy) is 1. The van der Waals surface area contributed by atoms with Gasteiger partial charge in [0.2, 0.25) is 0 Å². The number of anilines is 1. The van der Waals surface area contributed by atoms with Crippen LogP contribution in [0.4, 0.5) is 5.69 Å². The summed E-state index contributed by atoms with van der Waals surface area (Å²) in [4.78, 5) is 11.6. The van der Waals surface area contributed by atoms with E-state index >= 15 is 0 Å². The van der Waals surface area contributed by atoms with Gasteiger partial charge in [0.25, 0.3) is 0 Å². The van der Waals surface area contributed by atoms with E-state index < -0.39 is 15.8 Å². The lowest BCUT2D eigenvalue weighted by atomic mass is 10.1. The van der Waals surface area contributed by atoms with Gasteiger partial charge in [0.1, 0.15) is 0 Å². The number of methoxy groups -OCH3 is 1. The molecule has 1 N–H and O–H groups in total. The summed E-state index contributed by atoms with van der Waals surface area (Å²) < 4.78 is 27.8. The Morgan fingerprint density at radius 3 is 2.85 bits per heavy atom. The zero-order valence-corrected chi connectivity index (χ0v) is 12.6. The van der Waals surface area contributed by atoms with Crippen molar-refractivity contribution in [3.05, 3.63) is 28.8 Å². The van der Waals surface area contributed by atoms with E-state index in [2.05, 4.69) is 10.1 Å². The number of hydrogen-bond donors (Lipinski definition) is 1. The largest absolute Gasteiger partial charge is 0.465 e. The molecule has 1 aliphatic rings. The molecule has 0 amide bonds. The summed E-state index contributed by atoms with van der Waals surface area (Å²) in [6, 6.07) is 4.75. The van der Waals surface area contributed by atoms with E-state index in [0.29, 0.717) is 17.1 Å². The van der Waals surface area contributed by atoms with Crippen LogP contribution in [-0.4, -0.2) is 39.0 Å². The maximum atomic E-state index is 11.6. The summed E-state index contributed by atoms with van der Waals surface area (Å²) in [5, 5.41) is 3.44. The maximum absolute atomic E-state index is 11.6. The minimum atomic E-state index is -2.97. The molecule has 1 heterocycles. The van der Waals surface area contributed by atoms with Gasteiger partial charge in [-0.3, -0.25) is 0 Å². The highest BCUT2D eigenvalue weighted by Gasteiger charge is 2.24. The third-order valence-corrected chi connectivity index (χ3v) is 5.36. The Kier molecular flexibility index (Phi) is 4.55. The predicted octanol–water partition coefficient (Wildman–Crippen LogP) is 2.12. The Labute approximate surface area is 123 Å². The molecule has 0 saturated carbocycles. The van der Waals surface area contributed by atoms with Crippen LogP contribution in [0, 0.1) is 0 Å². The Balaban J connectivity index is 2.16. The highest BCUT2D eigenvalue weighted by Crippen LogP contribution is 2.23. The first-order valence-electron chi connectivity index (χ1n) is 6.26. The number of hydrogen-bond acceptors (Lipinski definition) is 5. The van der Waals surface area contributed by atoms with Crippen LogP contribution in [0.15, 0.2) is 18.2 Å². The van der Waals surface area contributed by atoms with E-state index in [0.717, 1.165) is 6.42 Å². The SMILES string of the molecule is COC(=O)c1cc(NC2CCCS(=O)(=O)C2)ccc1Cl. The summed E-state index contributed by atoms with van der Waals surface area (Å²) in [6.07, 6.45) is 1.44. The van der Waals surface area contributed by atoms with Gasteiger partial charge in [0, 0.05) is 11.7 Å². The van der Waals surface area contributed by atoms with Crippen LogP contribution in [0.25, 0.3) is 0 Å². The molecule has 1 aromatic rings. The first kappa shape index (κ1) is 15.1. The number of benzene rings is 1. The molecule has 20 heavy (non-hydrogen) atoms. The van der Waals surface area contributed by atoms with Crippen LogP contribution in [0.1, 0.15) is 23.2 Å². The number of halogens is 1. The molecule has 1 fully saturated rings. The number of sulfone groups is 1. The average Bonchev–Trinajstić information content (AvgIpc) is 2.39. The van der Waals surface area contributed by atoms with Gasteiger partial charge in [-0.25, -0.2) is 13.2 Å². The fourth-order valence-corrected chi connectivity index (χ4v) is 4.08. The molecular weight excluding hydrogens is 302 g/mol. The van der Waals surface area contributed by atoms with Gasteiger partial charge in [-0.05, 0) is 31.0 Å². The summed E-state index contributed by atoms with van der Waals surface area (Å²) in [6.45, 7) is 0. The van der Waals surface area contributed by atoms with Crippen molar-refractivity contribution in [3.8, 4) is 0 Å². The Hall–Kier alpha value is -1.27. The molecule has 1 saturated heterocycles. The van der Waals surface area contributed by atoms with Crippen molar-refractivity contribution in [1.82, 2.24) is 0 Å². The standard InChI is InChI=1S/C13H16ClNO4S/c1-19-13(16)11-7-9(4-5-12(11)14)15-10-3-2-6-20(17,18)8-10/h4-5,7,10,15H,2-3,6,8H2,1H3. The number of esters is 1. The number of carbonyl (C=O) groups is 1. The Morgan fingerprint density at radius 1 is 1.45 bits per heavy atom. The molecule has 1 aliphatic heterocycles. The number of carbonyl (C=O) groups excluding carboxylic acids is 1. The third kappa shape index (κ3) is 3.64. The molecule has 1 aromatic carbocycles. The molecule has 0 bridgehead atoms. The molecule has 7 heteroatoms. The fourth-order valence-electron chi connectivity index (χ4n) is 2.25. The normalized spacial score (nSPS) is 21.2. The topological polar surface area (TPSA) is 72.5 Å². The summed E-state index contributed by atoms with van der Waals surface area (Å²) in [7, 11) is -1.69. The van der Waals surface area contributed by atoms with Gasteiger partial charge >= 0.3 is 5.97 Å². The molecule has 110 valence electrons. The van der Waals surface area contributed by atoms with Crippen LogP contribution in [0.2, 0.25) is 5.02 Å². The quantitative estimate of drug-likeness (QED) is 0.864. The molecule has 0 spiro atoms. The van der Waals surface area contributed by atoms with Crippen LogP contribution < -0.4 is 5.32 Å². The van der Waals surface area contributed by atoms with Crippen molar-refractivity contribution in [2.24, 2.45) is 0 Å². The van der Waals surface area contributed by atoms with Gasteiger partial charge < -0.3 is 10.1 Å². The summed E-state index contributed by atoms with van der Waals surface area (Å²) in [5.41, 5.74) is 0.926. The summed E-state index contributed by atoms with van der Waals surface area (Å²) in [5.74, 6) is -0.155. The van der Waals surface area contributed by atoms with Crippen molar-refractivity contribution in [1.29, 1.82) is 0 Å². The van der Waals surface area contributed by atoms with Crippen LogP contribution >= 0.6 is 11.6 Å². The van der Waals surface area contributed by atoms with Crippen LogP contribution in [0.5, 0.6) is 0 Å². The van der Waals surface area contributed by atoms with E-state index in [-0.39, 0.29) is 23.1 Å². The molecule has 5 nitrogen and oxygen atoms in total. The zero-order valence-electron chi connectivity index (χ0n) is 11.1. The molecule has 1 unspecified atom stereocenters. The number of nitrogens with one attached hydrogen (secondary N) is 1. The van der Waals surface area contributed by atoms with Gasteiger partial charge in [0.15, 0.2) is 9.84 Å². The lowest BCUT2D eigenvalue weighted by molar-refractivity contribution is 0.0601. The first-order chi connectivity index (χ1) is 9.41. The monoisotopic (exact) mass is 317 g/mol. The number of rotatable bonds is 3. The molecular formula is C13H16ClNO4S. The van der Waals surface area contributed by atoms with E-state index in [1.807, 2.05) is 0 Å². The Bertz CT molecular complexity index is 615. The minimum Gasteiger partial charge on any atom is -0.465 e. The average molecular weight is 318 g/mol. The minimum absolute atomic E-state index is 0.114. The first-order valence-corrected chi connectivity index (χ1v) is 8.46. The van der Waals surface area contributed by atoms with Gasteiger partial charge in [-0.15, -0.1) is 0 Å². The second-order valence-corrected chi connectivity index (χ2v) is 7.42. The maximum Gasteiger partial charge on any atom is 0.339 e. The van der Waals surface area contributed by atoms with Crippen LogP contribution in [-0.2, 0) is 14.6 Å². The highest BCUT2D eigenvalue weighted by atomic mass is 35.5. The fraction of sp³-hybridized carbons (Fsp3) is 0.462. The Morgan fingerprint density at radius 2 is 2.20 bits per heavy atom. The van der Waals surface area contributed by atoms with Crippen molar-refractivity contribution in [2.45, 2.75) is 18.9 Å². The highest BCUT2D eigenvalue weighted by molar-refractivity contribution is 7.91.